The van der Waals surface area contributed by atoms with E-state index in [1.807, 2.05) is 91.1 Å². The van der Waals surface area contributed by atoms with Crippen molar-refractivity contribution in [2.75, 3.05) is 25.6 Å². The molecule has 2 aromatic carbocycles. The lowest BCUT2D eigenvalue weighted by Gasteiger charge is -2.24. The summed E-state index contributed by atoms with van der Waals surface area (Å²) >= 11 is 6.45. The molecule has 4 aromatic rings. The molecule has 0 saturated carbocycles. The summed E-state index contributed by atoms with van der Waals surface area (Å²) in [5.41, 5.74) is 3.44. The molecule has 0 amide bonds. The van der Waals surface area contributed by atoms with Crippen molar-refractivity contribution in [3.05, 3.63) is 112 Å². The largest absolute Gasteiger partial charge is 0.463 e. The van der Waals surface area contributed by atoms with Crippen LogP contribution in [0.4, 0.5) is 5.69 Å². The molecule has 0 radical (unpaired) electrons. The number of aromatic nitrogens is 1. The molecule has 0 bridgehead atoms. The quantitative estimate of drug-likeness (QED) is 0.301. The number of esters is 1. The van der Waals surface area contributed by atoms with Crippen LogP contribution in [0.2, 0.25) is 0 Å². The smallest absolute Gasteiger partial charge is 0.338 e. The number of fused-ring (bicyclic) bond motifs is 1. The lowest BCUT2D eigenvalue weighted by atomic mass is 9.97. The number of hydrogen-bond acceptors (Lipinski definition) is 7. The predicted octanol–water partition coefficient (Wildman–Crippen LogP) is 4.83. The number of nitrogens with zero attached hydrogens (tertiary/aromatic N) is 3. The van der Waals surface area contributed by atoms with Crippen LogP contribution in [0.25, 0.3) is 11.8 Å². The zero-order chi connectivity index (χ0) is 26.1. The van der Waals surface area contributed by atoms with Gasteiger partial charge in [-0.2, -0.15) is 0 Å². The first-order chi connectivity index (χ1) is 17.9. The van der Waals surface area contributed by atoms with E-state index in [0.29, 0.717) is 20.6 Å². The number of thiazole rings is 1. The average molecular weight is 595 g/mol. The van der Waals surface area contributed by atoms with Gasteiger partial charge in [-0.3, -0.25) is 9.36 Å². The topological polar surface area (TPSA) is 63.9 Å². The lowest BCUT2D eigenvalue weighted by Crippen LogP contribution is -2.39. The molecule has 37 heavy (non-hydrogen) atoms. The molecule has 2 aromatic heterocycles. The van der Waals surface area contributed by atoms with Crippen LogP contribution < -0.4 is 19.8 Å². The van der Waals surface area contributed by atoms with E-state index in [-0.39, 0.29) is 12.2 Å². The Bertz CT molecular complexity index is 1670. The third-order valence-electron chi connectivity index (χ3n) is 5.94. The van der Waals surface area contributed by atoms with Crippen LogP contribution >= 0.6 is 38.6 Å². The van der Waals surface area contributed by atoms with Crippen molar-refractivity contribution in [2.24, 2.45) is 4.99 Å². The number of thiophene rings is 1. The Morgan fingerprint density at radius 3 is 2.59 bits per heavy atom. The summed E-state index contributed by atoms with van der Waals surface area (Å²) < 4.78 is 8.59. The van der Waals surface area contributed by atoms with Crippen molar-refractivity contribution in [1.29, 1.82) is 0 Å². The van der Waals surface area contributed by atoms with Crippen LogP contribution in [0.5, 0.6) is 0 Å². The van der Waals surface area contributed by atoms with Gasteiger partial charge in [-0.1, -0.05) is 53.8 Å². The Morgan fingerprint density at radius 2 is 1.95 bits per heavy atom. The minimum absolute atomic E-state index is 0.191. The summed E-state index contributed by atoms with van der Waals surface area (Å²) in [5, 5.41) is 1.94. The summed E-state index contributed by atoms with van der Waals surface area (Å²) in [5.74, 6) is -0.471. The van der Waals surface area contributed by atoms with Gasteiger partial charge in [0.15, 0.2) is 4.80 Å². The molecule has 6 nitrogen and oxygen atoms in total. The molecular formula is C28H24BrN3O3S2. The first-order valence-corrected chi connectivity index (χ1v) is 14.2. The Hall–Kier alpha value is -3.27. The van der Waals surface area contributed by atoms with E-state index in [0.717, 1.165) is 26.2 Å². The molecule has 0 saturated heterocycles. The number of hydrogen-bond donors (Lipinski definition) is 0. The Kier molecular flexibility index (Phi) is 7.28. The van der Waals surface area contributed by atoms with Gasteiger partial charge in [-0.05, 0) is 58.1 Å². The van der Waals surface area contributed by atoms with Crippen LogP contribution in [0.3, 0.4) is 0 Å². The maximum absolute atomic E-state index is 13.8. The lowest BCUT2D eigenvalue weighted by molar-refractivity contribution is -0.138. The summed E-state index contributed by atoms with van der Waals surface area (Å²) in [4.78, 5) is 35.5. The number of halogens is 1. The van der Waals surface area contributed by atoms with E-state index >= 15 is 0 Å². The third kappa shape index (κ3) is 4.86. The number of carbonyl (C=O) groups excluding carboxylic acids is 1. The molecule has 0 spiro atoms. The number of anilines is 1. The van der Waals surface area contributed by atoms with Gasteiger partial charge in [-0.25, -0.2) is 9.79 Å². The average Bonchev–Trinajstić information content (AvgIpc) is 3.52. The maximum Gasteiger partial charge on any atom is 0.338 e. The number of rotatable bonds is 6. The monoisotopic (exact) mass is 593 g/mol. The van der Waals surface area contributed by atoms with Crippen molar-refractivity contribution in [1.82, 2.24) is 4.57 Å². The fourth-order valence-electron chi connectivity index (χ4n) is 4.28. The van der Waals surface area contributed by atoms with Gasteiger partial charge in [0.1, 0.15) is 6.04 Å². The highest BCUT2D eigenvalue weighted by Crippen LogP contribution is 2.36. The third-order valence-corrected chi connectivity index (χ3v) is 8.48. The van der Waals surface area contributed by atoms with Crippen molar-refractivity contribution >= 4 is 62.0 Å². The molecule has 1 aliphatic heterocycles. The van der Waals surface area contributed by atoms with Gasteiger partial charge in [0, 0.05) is 29.0 Å². The molecule has 188 valence electrons. The molecule has 5 rings (SSSR count). The molecular weight excluding hydrogens is 570 g/mol. The molecule has 0 fully saturated rings. The zero-order valence-electron chi connectivity index (χ0n) is 20.5. The molecule has 0 aliphatic carbocycles. The van der Waals surface area contributed by atoms with Gasteiger partial charge in [0.05, 0.1) is 28.1 Å². The second-order valence-corrected chi connectivity index (χ2v) is 11.4. The van der Waals surface area contributed by atoms with Crippen LogP contribution in [0, 0.1) is 0 Å². The molecule has 9 heteroatoms. The van der Waals surface area contributed by atoms with Crippen LogP contribution in [-0.2, 0) is 9.53 Å². The van der Waals surface area contributed by atoms with Crippen molar-refractivity contribution in [3.63, 3.8) is 0 Å². The van der Waals surface area contributed by atoms with Gasteiger partial charge < -0.3 is 9.64 Å². The SMILES string of the molecule is CCOC(=O)C1=C(c2ccccc2)N=c2sc(=Cc3ccc(N(C)C)c(Br)c3)c(=O)n2[C@H]1c1cccs1. The highest BCUT2D eigenvalue weighted by molar-refractivity contribution is 9.10. The fourth-order valence-corrected chi connectivity index (χ4v) is 6.86. The normalized spacial score (nSPS) is 15.4. The number of carbonyl (C=O) groups is 1. The zero-order valence-corrected chi connectivity index (χ0v) is 23.7. The second-order valence-electron chi connectivity index (χ2n) is 8.55. The predicted molar refractivity (Wildman–Crippen MR) is 154 cm³/mol. The molecule has 1 atom stereocenters. The van der Waals surface area contributed by atoms with E-state index in [1.165, 1.54) is 22.7 Å². The van der Waals surface area contributed by atoms with Crippen LogP contribution in [-0.4, -0.2) is 31.2 Å². The summed E-state index contributed by atoms with van der Waals surface area (Å²) in [7, 11) is 3.96. The van der Waals surface area contributed by atoms with E-state index in [9.17, 15) is 9.59 Å². The maximum atomic E-state index is 13.8. The Balaban J connectivity index is 1.76. The number of ether oxygens (including phenoxy) is 1. The van der Waals surface area contributed by atoms with E-state index in [1.54, 1.807) is 11.5 Å². The second kappa shape index (κ2) is 10.6. The minimum atomic E-state index is -0.629. The van der Waals surface area contributed by atoms with Gasteiger partial charge in [-0.15, -0.1) is 11.3 Å². The minimum Gasteiger partial charge on any atom is -0.463 e. The van der Waals surface area contributed by atoms with Crippen molar-refractivity contribution in [2.45, 2.75) is 13.0 Å². The fraction of sp³-hybridized carbons (Fsp3) is 0.179. The first kappa shape index (κ1) is 25.4. The summed E-state index contributed by atoms with van der Waals surface area (Å²) in [6.45, 7) is 2.00. The van der Waals surface area contributed by atoms with Crippen LogP contribution in [0.15, 0.2) is 85.9 Å². The Labute approximate surface area is 230 Å². The van der Waals surface area contributed by atoms with Crippen molar-refractivity contribution in [3.8, 4) is 0 Å². The molecule has 0 unspecified atom stereocenters. The summed E-state index contributed by atoms with van der Waals surface area (Å²) in [6.07, 6.45) is 1.87. The van der Waals surface area contributed by atoms with Gasteiger partial charge in [0.2, 0.25) is 0 Å². The Morgan fingerprint density at radius 1 is 1.16 bits per heavy atom. The molecule has 0 N–H and O–H groups in total. The van der Waals surface area contributed by atoms with E-state index in [4.69, 9.17) is 9.73 Å². The number of benzene rings is 2. The standard InChI is InChI=1S/C28H24BrN3O3S2/c1-4-35-27(34)23-24(18-9-6-5-7-10-18)30-28-32(25(23)21-11-8-14-36-21)26(33)22(37-28)16-17-12-13-20(31(2)3)19(29)15-17/h5-16,25H,4H2,1-3H3/t25-/m0/s1. The first-order valence-electron chi connectivity index (χ1n) is 11.7. The van der Waals surface area contributed by atoms with Gasteiger partial charge in [0.25, 0.3) is 5.56 Å². The highest BCUT2D eigenvalue weighted by atomic mass is 79.9. The highest BCUT2D eigenvalue weighted by Gasteiger charge is 2.35. The molecule has 3 heterocycles. The van der Waals surface area contributed by atoms with E-state index in [2.05, 4.69) is 15.9 Å². The summed E-state index contributed by atoms with van der Waals surface area (Å²) in [6, 6.07) is 18.8. The van der Waals surface area contributed by atoms with Crippen molar-refractivity contribution < 1.29 is 9.53 Å². The molecule has 1 aliphatic rings. The van der Waals surface area contributed by atoms with E-state index < -0.39 is 12.0 Å². The van der Waals surface area contributed by atoms with Crippen LogP contribution in [0.1, 0.15) is 29.0 Å². The van der Waals surface area contributed by atoms with Gasteiger partial charge >= 0.3 is 5.97 Å².